The monoisotopic (exact) mass is 226 g/mol. The maximum absolute atomic E-state index is 11.5. The number of carboxylic acid groups (broad SMARTS) is 1. The van der Waals surface area contributed by atoms with Gasteiger partial charge in [-0.1, -0.05) is 0 Å². The number of amides is 2. The maximum Gasteiger partial charge on any atom is 0.328 e. The van der Waals surface area contributed by atoms with Gasteiger partial charge in [0.25, 0.3) is 0 Å². The summed E-state index contributed by atoms with van der Waals surface area (Å²) in [7, 11) is 0. The van der Waals surface area contributed by atoms with Crippen LogP contribution in [0.2, 0.25) is 0 Å². The fourth-order valence-corrected chi connectivity index (χ4v) is 1.49. The summed E-state index contributed by atoms with van der Waals surface area (Å²) in [6.45, 7) is 3.39. The summed E-state index contributed by atoms with van der Waals surface area (Å²) in [6.07, 6.45) is 1.85. The van der Waals surface area contributed by atoms with E-state index in [1.807, 2.05) is 0 Å². The first kappa shape index (κ1) is 12.2. The molecule has 0 atom stereocenters. The van der Waals surface area contributed by atoms with Gasteiger partial charge in [-0.2, -0.15) is 0 Å². The Kier molecular flexibility index (Phi) is 4.04. The highest BCUT2D eigenvalue weighted by atomic mass is 16.4. The van der Waals surface area contributed by atoms with Gasteiger partial charge in [-0.15, -0.1) is 0 Å². The van der Waals surface area contributed by atoms with Crippen molar-refractivity contribution in [3.8, 4) is 0 Å². The first-order valence-electron chi connectivity index (χ1n) is 4.96. The Bertz CT molecular complexity index is 330. The molecule has 0 aromatic carbocycles. The fourth-order valence-electron chi connectivity index (χ4n) is 1.49. The van der Waals surface area contributed by atoms with E-state index in [1.54, 1.807) is 4.90 Å². The van der Waals surface area contributed by atoms with Crippen LogP contribution in [-0.2, 0) is 14.4 Å². The minimum absolute atomic E-state index is 0.00632. The summed E-state index contributed by atoms with van der Waals surface area (Å²) in [5, 5.41) is 8.37. The van der Waals surface area contributed by atoms with Gasteiger partial charge in [-0.3, -0.25) is 9.59 Å². The lowest BCUT2D eigenvalue weighted by atomic mass is 10.3. The van der Waals surface area contributed by atoms with Crippen molar-refractivity contribution in [2.75, 3.05) is 26.2 Å². The lowest BCUT2D eigenvalue weighted by Gasteiger charge is -2.33. The third-order valence-electron chi connectivity index (χ3n) is 2.41. The standard InChI is InChI=1S/C10H14N2O4/c1-8(13)11-4-6-12(7-5-11)9(14)2-3-10(15)16/h2-3H,4-7H2,1H3,(H,15,16). The van der Waals surface area contributed by atoms with Crippen molar-refractivity contribution in [3.63, 3.8) is 0 Å². The Labute approximate surface area is 93.1 Å². The van der Waals surface area contributed by atoms with E-state index in [1.165, 1.54) is 11.8 Å². The van der Waals surface area contributed by atoms with Crippen molar-refractivity contribution in [1.29, 1.82) is 0 Å². The Morgan fingerprint density at radius 1 is 1.00 bits per heavy atom. The van der Waals surface area contributed by atoms with Crippen LogP contribution in [-0.4, -0.2) is 58.9 Å². The van der Waals surface area contributed by atoms with E-state index >= 15 is 0 Å². The van der Waals surface area contributed by atoms with E-state index in [4.69, 9.17) is 5.11 Å². The van der Waals surface area contributed by atoms with Crippen LogP contribution >= 0.6 is 0 Å². The summed E-state index contributed by atoms with van der Waals surface area (Å²) in [5.41, 5.74) is 0. The number of nitrogens with zero attached hydrogens (tertiary/aromatic N) is 2. The minimum Gasteiger partial charge on any atom is -0.478 e. The summed E-state index contributed by atoms with van der Waals surface area (Å²) in [5.74, 6) is -1.48. The molecule has 1 aliphatic heterocycles. The summed E-state index contributed by atoms with van der Waals surface area (Å²) in [4.78, 5) is 35.9. The second-order valence-electron chi connectivity index (χ2n) is 3.50. The highest BCUT2D eigenvalue weighted by Crippen LogP contribution is 2.02. The maximum atomic E-state index is 11.5. The molecule has 1 fully saturated rings. The first-order chi connectivity index (χ1) is 7.50. The molecule has 16 heavy (non-hydrogen) atoms. The fraction of sp³-hybridized carbons (Fsp3) is 0.500. The minimum atomic E-state index is -1.14. The topological polar surface area (TPSA) is 77.9 Å². The molecule has 1 aliphatic rings. The van der Waals surface area contributed by atoms with E-state index in [-0.39, 0.29) is 11.8 Å². The molecule has 0 bridgehead atoms. The number of carbonyl (C=O) groups is 3. The summed E-state index contributed by atoms with van der Waals surface area (Å²) in [6, 6.07) is 0. The first-order valence-corrected chi connectivity index (χ1v) is 4.96. The highest BCUT2D eigenvalue weighted by molar-refractivity contribution is 5.94. The molecule has 0 saturated carbocycles. The molecule has 6 heteroatoms. The molecule has 1 heterocycles. The zero-order valence-corrected chi connectivity index (χ0v) is 9.05. The van der Waals surface area contributed by atoms with Crippen LogP contribution in [0.4, 0.5) is 0 Å². The van der Waals surface area contributed by atoms with Gasteiger partial charge in [0.1, 0.15) is 0 Å². The number of hydrogen-bond acceptors (Lipinski definition) is 3. The molecular weight excluding hydrogens is 212 g/mol. The van der Waals surface area contributed by atoms with Crippen LogP contribution in [0.1, 0.15) is 6.92 Å². The van der Waals surface area contributed by atoms with Crippen LogP contribution in [0, 0.1) is 0 Å². The van der Waals surface area contributed by atoms with Crippen molar-refractivity contribution in [1.82, 2.24) is 9.80 Å². The quantitative estimate of drug-likeness (QED) is 0.633. The lowest BCUT2D eigenvalue weighted by molar-refractivity contribution is -0.135. The van der Waals surface area contributed by atoms with E-state index in [0.717, 1.165) is 12.2 Å². The van der Waals surface area contributed by atoms with Gasteiger partial charge in [0.15, 0.2) is 0 Å². The van der Waals surface area contributed by atoms with E-state index in [9.17, 15) is 14.4 Å². The Hall–Kier alpha value is -1.85. The largest absolute Gasteiger partial charge is 0.478 e. The molecule has 0 spiro atoms. The molecule has 0 aromatic rings. The van der Waals surface area contributed by atoms with Crippen molar-refractivity contribution in [3.05, 3.63) is 12.2 Å². The predicted molar refractivity (Wildman–Crippen MR) is 55.6 cm³/mol. The number of piperazine rings is 1. The SMILES string of the molecule is CC(=O)N1CCN(C(=O)C=CC(=O)O)CC1. The molecular formula is C10H14N2O4. The molecule has 1 N–H and O–H groups in total. The molecule has 2 amide bonds. The van der Waals surface area contributed by atoms with Gasteiger partial charge in [-0.05, 0) is 0 Å². The van der Waals surface area contributed by atoms with Gasteiger partial charge in [0.2, 0.25) is 11.8 Å². The third kappa shape index (κ3) is 3.38. The number of carboxylic acids is 1. The summed E-state index contributed by atoms with van der Waals surface area (Å²) >= 11 is 0. The predicted octanol–water partition coefficient (Wildman–Crippen LogP) is -0.682. The molecule has 0 aliphatic carbocycles. The molecule has 0 aromatic heterocycles. The normalized spacial score (nSPS) is 16.6. The number of aliphatic carboxylic acids is 1. The van der Waals surface area contributed by atoms with Crippen LogP contribution in [0.5, 0.6) is 0 Å². The van der Waals surface area contributed by atoms with E-state index < -0.39 is 5.97 Å². The zero-order chi connectivity index (χ0) is 12.1. The van der Waals surface area contributed by atoms with Gasteiger partial charge in [0, 0.05) is 45.3 Å². The number of rotatable bonds is 2. The Balaban J connectivity index is 2.44. The summed E-state index contributed by atoms with van der Waals surface area (Å²) < 4.78 is 0. The van der Waals surface area contributed by atoms with Crippen molar-refractivity contribution < 1.29 is 19.5 Å². The van der Waals surface area contributed by atoms with Gasteiger partial charge in [0.05, 0.1) is 0 Å². The van der Waals surface area contributed by atoms with Crippen molar-refractivity contribution in [2.24, 2.45) is 0 Å². The average molecular weight is 226 g/mol. The lowest BCUT2D eigenvalue weighted by Crippen LogP contribution is -2.49. The van der Waals surface area contributed by atoms with Crippen LogP contribution in [0.25, 0.3) is 0 Å². The number of hydrogen-bond donors (Lipinski definition) is 1. The van der Waals surface area contributed by atoms with Crippen molar-refractivity contribution >= 4 is 17.8 Å². The molecule has 88 valence electrons. The molecule has 6 nitrogen and oxygen atoms in total. The Morgan fingerprint density at radius 2 is 1.50 bits per heavy atom. The molecule has 1 rings (SSSR count). The van der Waals surface area contributed by atoms with Gasteiger partial charge >= 0.3 is 5.97 Å². The van der Waals surface area contributed by atoms with Crippen molar-refractivity contribution in [2.45, 2.75) is 6.92 Å². The smallest absolute Gasteiger partial charge is 0.328 e. The van der Waals surface area contributed by atoms with Gasteiger partial charge < -0.3 is 14.9 Å². The Morgan fingerprint density at radius 3 is 1.94 bits per heavy atom. The average Bonchev–Trinajstić information content (AvgIpc) is 2.26. The third-order valence-corrected chi connectivity index (χ3v) is 2.41. The van der Waals surface area contributed by atoms with E-state index in [2.05, 4.69) is 0 Å². The highest BCUT2D eigenvalue weighted by Gasteiger charge is 2.20. The molecule has 1 saturated heterocycles. The van der Waals surface area contributed by atoms with E-state index in [0.29, 0.717) is 26.2 Å². The van der Waals surface area contributed by atoms with Gasteiger partial charge in [-0.25, -0.2) is 4.79 Å². The van der Waals surface area contributed by atoms with Crippen LogP contribution in [0.3, 0.4) is 0 Å². The van der Waals surface area contributed by atoms with Crippen LogP contribution in [0.15, 0.2) is 12.2 Å². The van der Waals surface area contributed by atoms with Crippen LogP contribution < -0.4 is 0 Å². The second-order valence-corrected chi connectivity index (χ2v) is 3.50. The number of carbonyl (C=O) groups excluding carboxylic acids is 2. The second kappa shape index (κ2) is 5.29. The molecule has 0 unspecified atom stereocenters. The molecule has 0 radical (unpaired) electrons. The zero-order valence-electron chi connectivity index (χ0n) is 9.05.